The van der Waals surface area contributed by atoms with E-state index in [1.54, 1.807) is 4.90 Å². The Balaban J connectivity index is 1.91. The van der Waals surface area contributed by atoms with Crippen LogP contribution in [0, 0.1) is 0 Å². The summed E-state index contributed by atoms with van der Waals surface area (Å²) < 4.78 is 31.7. The summed E-state index contributed by atoms with van der Waals surface area (Å²) in [6.45, 7) is 2.54. The van der Waals surface area contributed by atoms with Gasteiger partial charge in [0.05, 0.1) is 19.4 Å². The van der Waals surface area contributed by atoms with E-state index in [4.69, 9.17) is 4.74 Å². The molecule has 1 aromatic rings. The molecule has 1 fully saturated rings. The molecule has 1 atom stereocenters. The average molecular weight is 327 g/mol. The Hall–Kier alpha value is -1.60. The Bertz CT molecular complexity index is 611. The summed E-state index contributed by atoms with van der Waals surface area (Å²) in [5.41, 5.74) is 2.02. The summed E-state index contributed by atoms with van der Waals surface area (Å²) in [5.74, 6) is 0. The number of hydrogen-bond acceptors (Lipinski definition) is 5. The number of amides is 1. The zero-order valence-corrected chi connectivity index (χ0v) is 13.6. The predicted octanol–water partition coefficient (Wildman–Crippen LogP) is 2.33. The summed E-state index contributed by atoms with van der Waals surface area (Å²) in [7, 11) is -3.46. The first kappa shape index (κ1) is 16.8. The maximum Gasteiger partial charge on any atom is 0.414 e. The van der Waals surface area contributed by atoms with Crippen molar-refractivity contribution in [2.75, 3.05) is 24.3 Å². The van der Waals surface area contributed by atoms with Crippen LogP contribution >= 0.6 is 0 Å². The molecule has 1 unspecified atom stereocenters. The Morgan fingerprint density at radius 3 is 2.59 bits per heavy atom. The normalized spacial score (nSPS) is 18.5. The van der Waals surface area contributed by atoms with E-state index in [0.29, 0.717) is 13.0 Å². The fourth-order valence-corrected chi connectivity index (χ4v) is 2.74. The van der Waals surface area contributed by atoms with Gasteiger partial charge in [0.25, 0.3) is 10.1 Å². The van der Waals surface area contributed by atoms with Gasteiger partial charge in [0, 0.05) is 12.1 Å². The number of carbonyl (C=O) groups excluding carboxylic acids is 1. The number of benzene rings is 1. The molecule has 1 aliphatic heterocycles. The van der Waals surface area contributed by atoms with Crippen molar-refractivity contribution in [1.82, 2.24) is 0 Å². The predicted molar refractivity (Wildman–Crippen MR) is 83.5 cm³/mol. The minimum atomic E-state index is -3.46. The SMILES string of the molecule is CCCc1ccc(N2CC(CCOS(C)(=O)=O)OC2=O)cc1. The molecular formula is C15H21NO5S. The second-order valence-electron chi connectivity index (χ2n) is 5.35. The van der Waals surface area contributed by atoms with Crippen molar-refractivity contribution in [2.24, 2.45) is 0 Å². The number of hydrogen-bond donors (Lipinski definition) is 0. The lowest BCUT2D eigenvalue weighted by Crippen LogP contribution is -2.24. The first-order valence-corrected chi connectivity index (χ1v) is 9.12. The van der Waals surface area contributed by atoms with E-state index in [2.05, 4.69) is 11.1 Å². The molecule has 1 heterocycles. The van der Waals surface area contributed by atoms with Crippen molar-refractivity contribution >= 4 is 21.9 Å². The van der Waals surface area contributed by atoms with Crippen LogP contribution in [0.15, 0.2) is 24.3 Å². The Labute approximate surface area is 131 Å². The van der Waals surface area contributed by atoms with Gasteiger partial charge in [-0.1, -0.05) is 25.5 Å². The number of rotatable bonds is 7. The van der Waals surface area contributed by atoms with Crippen molar-refractivity contribution in [3.8, 4) is 0 Å². The minimum Gasteiger partial charge on any atom is -0.444 e. The van der Waals surface area contributed by atoms with E-state index in [-0.39, 0.29) is 12.7 Å². The second-order valence-corrected chi connectivity index (χ2v) is 6.99. The van der Waals surface area contributed by atoms with E-state index in [1.165, 1.54) is 5.56 Å². The third kappa shape index (κ3) is 4.71. The smallest absolute Gasteiger partial charge is 0.414 e. The maximum absolute atomic E-state index is 11.9. The standard InChI is InChI=1S/C15H21NO5S/c1-3-4-12-5-7-13(8-6-12)16-11-14(21-15(16)17)9-10-20-22(2,18)19/h5-8,14H,3-4,9-11H2,1-2H3. The molecule has 1 aliphatic rings. The highest BCUT2D eigenvalue weighted by Crippen LogP contribution is 2.23. The first-order chi connectivity index (χ1) is 10.4. The van der Waals surface area contributed by atoms with Gasteiger partial charge >= 0.3 is 6.09 Å². The quantitative estimate of drug-likeness (QED) is 0.719. The summed E-state index contributed by atoms with van der Waals surface area (Å²) in [6, 6.07) is 7.82. The van der Waals surface area contributed by atoms with Gasteiger partial charge in [-0.05, 0) is 24.1 Å². The molecule has 6 nitrogen and oxygen atoms in total. The van der Waals surface area contributed by atoms with E-state index < -0.39 is 16.2 Å². The van der Waals surface area contributed by atoms with Gasteiger partial charge < -0.3 is 4.74 Å². The van der Waals surface area contributed by atoms with Crippen LogP contribution in [0.25, 0.3) is 0 Å². The highest BCUT2D eigenvalue weighted by atomic mass is 32.2. The van der Waals surface area contributed by atoms with Crippen molar-refractivity contribution < 1.29 is 22.1 Å². The van der Waals surface area contributed by atoms with Crippen molar-refractivity contribution in [3.63, 3.8) is 0 Å². The summed E-state index contributed by atoms with van der Waals surface area (Å²) >= 11 is 0. The molecule has 1 aromatic carbocycles. The van der Waals surface area contributed by atoms with Gasteiger partial charge in [-0.3, -0.25) is 9.08 Å². The lowest BCUT2D eigenvalue weighted by molar-refractivity contribution is 0.126. The van der Waals surface area contributed by atoms with Crippen LogP contribution in [-0.2, 0) is 25.5 Å². The van der Waals surface area contributed by atoms with Gasteiger partial charge in [-0.2, -0.15) is 8.42 Å². The minimum absolute atomic E-state index is 0.0139. The van der Waals surface area contributed by atoms with E-state index in [1.807, 2.05) is 24.3 Å². The zero-order chi connectivity index (χ0) is 16.2. The van der Waals surface area contributed by atoms with Crippen LogP contribution in [0.5, 0.6) is 0 Å². The molecule has 22 heavy (non-hydrogen) atoms. The molecule has 122 valence electrons. The number of cyclic esters (lactones) is 1. The molecule has 0 spiro atoms. The molecule has 1 amide bonds. The summed E-state index contributed by atoms with van der Waals surface area (Å²) in [6.07, 6.45) is 2.67. The summed E-state index contributed by atoms with van der Waals surface area (Å²) in [4.78, 5) is 13.5. The second kappa shape index (κ2) is 7.11. The Morgan fingerprint density at radius 1 is 1.32 bits per heavy atom. The van der Waals surface area contributed by atoms with Crippen LogP contribution < -0.4 is 4.90 Å². The van der Waals surface area contributed by atoms with Crippen molar-refractivity contribution in [1.29, 1.82) is 0 Å². The van der Waals surface area contributed by atoms with Crippen LogP contribution in [0.3, 0.4) is 0 Å². The van der Waals surface area contributed by atoms with Gasteiger partial charge in [0.1, 0.15) is 6.10 Å². The van der Waals surface area contributed by atoms with Crippen LogP contribution in [-0.4, -0.2) is 40.0 Å². The highest BCUT2D eigenvalue weighted by Gasteiger charge is 2.32. The molecule has 0 saturated carbocycles. The maximum atomic E-state index is 11.9. The number of anilines is 1. The fourth-order valence-electron chi connectivity index (χ4n) is 2.34. The molecule has 2 rings (SSSR count). The van der Waals surface area contributed by atoms with E-state index in [0.717, 1.165) is 24.8 Å². The van der Waals surface area contributed by atoms with Crippen LogP contribution in [0.2, 0.25) is 0 Å². The third-order valence-electron chi connectivity index (χ3n) is 3.40. The molecule has 7 heteroatoms. The summed E-state index contributed by atoms with van der Waals surface area (Å²) in [5, 5.41) is 0. The van der Waals surface area contributed by atoms with Gasteiger partial charge in [-0.25, -0.2) is 4.79 Å². The number of carbonyl (C=O) groups is 1. The highest BCUT2D eigenvalue weighted by molar-refractivity contribution is 7.85. The van der Waals surface area contributed by atoms with Gasteiger partial charge in [0.2, 0.25) is 0 Å². The largest absolute Gasteiger partial charge is 0.444 e. The molecule has 0 N–H and O–H groups in total. The Morgan fingerprint density at radius 2 is 2.00 bits per heavy atom. The zero-order valence-electron chi connectivity index (χ0n) is 12.8. The topological polar surface area (TPSA) is 72.9 Å². The number of nitrogens with zero attached hydrogens (tertiary/aromatic N) is 1. The molecule has 0 aliphatic carbocycles. The van der Waals surface area contributed by atoms with Crippen molar-refractivity contribution in [3.05, 3.63) is 29.8 Å². The van der Waals surface area contributed by atoms with E-state index >= 15 is 0 Å². The van der Waals surface area contributed by atoms with Crippen LogP contribution in [0.1, 0.15) is 25.3 Å². The molecule has 0 bridgehead atoms. The molecular weight excluding hydrogens is 306 g/mol. The van der Waals surface area contributed by atoms with Crippen LogP contribution in [0.4, 0.5) is 10.5 Å². The number of ether oxygens (including phenoxy) is 1. The van der Waals surface area contributed by atoms with Gasteiger partial charge in [-0.15, -0.1) is 0 Å². The average Bonchev–Trinajstić information content (AvgIpc) is 2.80. The number of aryl methyl sites for hydroxylation is 1. The molecule has 0 radical (unpaired) electrons. The Kier molecular flexibility index (Phi) is 5.42. The van der Waals surface area contributed by atoms with Gasteiger partial charge in [0.15, 0.2) is 0 Å². The fraction of sp³-hybridized carbons (Fsp3) is 0.533. The van der Waals surface area contributed by atoms with Crippen molar-refractivity contribution in [2.45, 2.75) is 32.3 Å². The molecule has 1 saturated heterocycles. The third-order valence-corrected chi connectivity index (χ3v) is 3.99. The lowest BCUT2D eigenvalue weighted by atomic mass is 10.1. The lowest BCUT2D eigenvalue weighted by Gasteiger charge is -2.13. The molecule has 0 aromatic heterocycles. The monoisotopic (exact) mass is 327 g/mol. The van der Waals surface area contributed by atoms with E-state index in [9.17, 15) is 13.2 Å². The first-order valence-electron chi connectivity index (χ1n) is 7.30.